The van der Waals surface area contributed by atoms with Gasteiger partial charge in [-0.3, -0.25) is 0 Å². The van der Waals surface area contributed by atoms with E-state index in [-0.39, 0.29) is 0 Å². The van der Waals surface area contributed by atoms with Crippen molar-refractivity contribution in [3.05, 3.63) is 53.5 Å². The number of aromatic amines is 1. The van der Waals surface area contributed by atoms with Crippen LogP contribution in [-0.4, -0.2) is 4.98 Å². The average Bonchev–Trinajstić information content (AvgIpc) is 2.75. The molecule has 2 aromatic carbocycles. The van der Waals surface area contributed by atoms with Crippen LogP contribution >= 0.6 is 12.2 Å². The van der Waals surface area contributed by atoms with Crippen LogP contribution in [-0.2, 0) is 0 Å². The minimum atomic E-state index is 0.406. The van der Waals surface area contributed by atoms with Gasteiger partial charge in [0.1, 0.15) is 0 Å². The van der Waals surface area contributed by atoms with Crippen LogP contribution in [0.3, 0.4) is 0 Å². The van der Waals surface area contributed by atoms with Crippen molar-refractivity contribution in [3.8, 4) is 11.3 Å². The molecule has 1 N–H and O–H groups in total. The molecule has 0 saturated heterocycles. The molecule has 78 valence electrons. The van der Waals surface area contributed by atoms with Crippen molar-refractivity contribution in [1.29, 1.82) is 0 Å². The quantitative estimate of drug-likeness (QED) is 0.632. The summed E-state index contributed by atoms with van der Waals surface area (Å²) in [4.78, 5) is 3.27. The first kappa shape index (κ1) is 9.36. The van der Waals surface area contributed by atoms with E-state index in [1.54, 1.807) is 6.20 Å². The molecule has 16 heavy (non-hydrogen) atoms. The monoisotopic (exact) mass is 227 g/mol. The van der Waals surface area contributed by atoms with Crippen molar-refractivity contribution in [2.75, 3.05) is 0 Å². The largest absolute Gasteiger partial charge is 0.429 e. The fraction of sp³-hybridized carbons (Fsp3) is 0. The first-order chi connectivity index (χ1) is 7.83. The molecule has 0 saturated carbocycles. The minimum Gasteiger partial charge on any atom is -0.429 e. The standard InChI is InChI=1S/C13H9NOS/c16-13-14-8-12(15-13)11-6-5-9-3-1-2-4-10(9)7-11/h1-8H,(H,14,16). The predicted octanol–water partition coefficient (Wildman–Crippen LogP) is 4.16. The van der Waals surface area contributed by atoms with Gasteiger partial charge in [-0.05, 0) is 29.1 Å². The average molecular weight is 227 g/mol. The van der Waals surface area contributed by atoms with Crippen LogP contribution in [0, 0.1) is 4.84 Å². The number of hydrogen-bond acceptors (Lipinski definition) is 2. The van der Waals surface area contributed by atoms with Crippen LogP contribution < -0.4 is 0 Å². The minimum absolute atomic E-state index is 0.406. The summed E-state index contributed by atoms with van der Waals surface area (Å²) >= 11 is 4.91. The summed E-state index contributed by atoms with van der Waals surface area (Å²) in [6, 6.07) is 14.4. The van der Waals surface area contributed by atoms with E-state index in [9.17, 15) is 0 Å². The molecule has 0 fully saturated rings. The Labute approximate surface area is 97.5 Å². The van der Waals surface area contributed by atoms with Crippen LogP contribution in [0.1, 0.15) is 0 Å². The van der Waals surface area contributed by atoms with Gasteiger partial charge in [-0.1, -0.05) is 36.4 Å². The van der Waals surface area contributed by atoms with Crippen LogP contribution in [0.25, 0.3) is 22.1 Å². The van der Waals surface area contributed by atoms with E-state index in [1.807, 2.05) is 18.2 Å². The first-order valence-corrected chi connectivity index (χ1v) is 5.41. The van der Waals surface area contributed by atoms with Gasteiger partial charge in [0, 0.05) is 11.8 Å². The molecule has 1 heterocycles. The lowest BCUT2D eigenvalue weighted by atomic mass is 10.1. The molecular weight excluding hydrogens is 218 g/mol. The molecule has 0 bridgehead atoms. The third-order valence-corrected chi connectivity index (χ3v) is 2.76. The normalized spacial score (nSPS) is 10.8. The van der Waals surface area contributed by atoms with Gasteiger partial charge in [0.25, 0.3) is 4.84 Å². The van der Waals surface area contributed by atoms with Gasteiger partial charge in [0.15, 0.2) is 5.76 Å². The topological polar surface area (TPSA) is 28.9 Å². The number of hydrogen-bond donors (Lipinski definition) is 1. The van der Waals surface area contributed by atoms with Gasteiger partial charge in [-0.15, -0.1) is 0 Å². The van der Waals surface area contributed by atoms with Crippen molar-refractivity contribution < 1.29 is 4.42 Å². The number of oxazole rings is 1. The second kappa shape index (κ2) is 3.61. The summed E-state index contributed by atoms with van der Waals surface area (Å²) in [5, 5.41) is 2.42. The Morgan fingerprint density at radius 3 is 2.56 bits per heavy atom. The number of benzene rings is 2. The highest BCUT2D eigenvalue weighted by Gasteiger charge is 2.02. The lowest BCUT2D eigenvalue weighted by molar-refractivity contribution is 0.554. The van der Waals surface area contributed by atoms with Crippen LogP contribution in [0.5, 0.6) is 0 Å². The number of rotatable bonds is 1. The Kier molecular flexibility index (Phi) is 2.11. The van der Waals surface area contributed by atoms with Crippen molar-refractivity contribution in [3.63, 3.8) is 0 Å². The molecule has 0 radical (unpaired) electrons. The van der Waals surface area contributed by atoms with Crippen molar-refractivity contribution in [2.24, 2.45) is 0 Å². The fourth-order valence-electron chi connectivity index (χ4n) is 1.77. The summed E-state index contributed by atoms with van der Waals surface area (Å²) in [5.74, 6) is 0.774. The molecule has 3 aromatic rings. The van der Waals surface area contributed by atoms with E-state index in [0.717, 1.165) is 11.3 Å². The Morgan fingerprint density at radius 2 is 1.81 bits per heavy atom. The van der Waals surface area contributed by atoms with Crippen LogP contribution in [0.2, 0.25) is 0 Å². The van der Waals surface area contributed by atoms with E-state index in [0.29, 0.717) is 4.84 Å². The molecule has 0 aliphatic rings. The third kappa shape index (κ3) is 1.55. The Morgan fingerprint density at radius 1 is 1.00 bits per heavy atom. The van der Waals surface area contributed by atoms with Gasteiger partial charge < -0.3 is 9.40 Å². The molecule has 3 heteroatoms. The maximum atomic E-state index is 5.38. The molecule has 0 unspecified atom stereocenters. The van der Waals surface area contributed by atoms with E-state index in [1.165, 1.54) is 10.8 Å². The van der Waals surface area contributed by atoms with Crippen molar-refractivity contribution in [1.82, 2.24) is 4.98 Å². The number of nitrogens with one attached hydrogen (secondary N) is 1. The molecule has 3 rings (SSSR count). The summed E-state index contributed by atoms with van der Waals surface area (Å²) in [7, 11) is 0. The van der Waals surface area contributed by atoms with Crippen molar-refractivity contribution >= 4 is 23.0 Å². The highest BCUT2D eigenvalue weighted by molar-refractivity contribution is 7.71. The van der Waals surface area contributed by atoms with Crippen molar-refractivity contribution in [2.45, 2.75) is 0 Å². The maximum Gasteiger partial charge on any atom is 0.266 e. The van der Waals surface area contributed by atoms with Crippen LogP contribution in [0.15, 0.2) is 53.1 Å². The Balaban J connectivity index is 2.22. The lowest BCUT2D eigenvalue weighted by Crippen LogP contribution is -1.75. The summed E-state index contributed by atoms with van der Waals surface area (Å²) in [6.45, 7) is 0. The first-order valence-electron chi connectivity index (χ1n) is 5.01. The SMILES string of the molecule is S=c1[nH]cc(-c2ccc3ccccc3c2)o1. The predicted molar refractivity (Wildman–Crippen MR) is 66.8 cm³/mol. The maximum absolute atomic E-state index is 5.38. The zero-order valence-electron chi connectivity index (χ0n) is 8.44. The van der Waals surface area contributed by atoms with Gasteiger partial charge in [-0.2, -0.15) is 0 Å². The lowest BCUT2D eigenvalue weighted by Gasteiger charge is -1.99. The molecule has 2 nitrogen and oxygen atoms in total. The number of H-pyrrole nitrogens is 1. The zero-order valence-corrected chi connectivity index (χ0v) is 9.25. The zero-order chi connectivity index (χ0) is 11.0. The number of fused-ring (bicyclic) bond motifs is 1. The highest BCUT2D eigenvalue weighted by Crippen LogP contribution is 2.24. The smallest absolute Gasteiger partial charge is 0.266 e. The number of aromatic nitrogens is 1. The summed E-state index contributed by atoms with van der Waals surface area (Å²) < 4.78 is 5.38. The molecule has 0 amide bonds. The molecule has 0 spiro atoms. The summed E-state index contributed by atoms with van der Waals surface area (Å²) in [5.41, 5.74) is 1.03. The Hall–Kier alpha value is -1.87. The molecule has 0 aliphatic heterocycles. The van der Waals surface area contributed by atoms with E-state index in [4.69, 9.17) is 16.6 Å². The Bertz CT molecular complexity index is 696. The van der Waals surface area contributed by atoms with Crippen LogP contribution in [0.4, 0.5) is 0 Å². The van der Waals surface area contributed by atoms with Gasteiger partial charge in [0.05, 0.1) is 0 Å². The molecule has 0 aliphatic carbocycles. The molecule has 0 atom stereocenters. The highest BCUT2D eigenvalue weighted by atomic mass is 32.1. The molecular formula is C13H9NOS. The van der Waals surface area contributed by atoms with E-state index < -0.39 is 0 Å². The van der Waals surface area contributed by atoms with E-state index in [2.05, 4.69) is 29.2 Å². The fourth-order valence-corrected chi connectivity index (χ4v) is 1.92. The second-order valence-electron chi connectivity index (χ2n) is 3.60. The summed E-state index contributed by atoms with van der Waals surface area (Å²) in [6.07, 6.45) is 1.78. The van der Waals surface area contributed by atoms with Gasteiger partial charge in [-0.25, -0.2) is 0 Å². The second-order valence-corrected chi connectivity index (χ2v) is 3.98. The van der Waals surface area contributed by atoms with Gasteiger partial charge >= 0.3 is 0 Å². The van der Waals surface area contributed by atoms with E-state index >= 15 is 0 Å². The van der Waals surface area contributed by atoms with Gasteiger partial charge in [0.2, 0.25) is 0 Å². The third-order valence-electron chi connectivity index (χ3n) is 2.56. The molecule has 1 aromatic heterocycles.